The molecule has 2 aromatic carbocycles. The molecule has 0 spiro atoms. The average molecular weight is 315 g/mol. The summed E-state index contributed by atoms with van der Waals surface area (Å²) in [5.41, 5.74) is 1.90. The van der Waals surface area contributed by atoms with Crippen LogP contribution in [0.25, 0.3) is 6.08 Å². The molecule has 19 heavy (non-hydrogen) atoms. The first kappa shape index (κ1) is 13.4. The van der Waals surface area contributed by atoms with Gasteiger partial charge in [-0.1, -0.05) is 58.4 Å². The number of aldehydes is 1. The average Bonchev–Trinajstić information content (AvgIpc) is 2.45. The van der Waals surface area contributed by atoms with Gasteiger partial charge in [-0.2, -0.15) is 0 Å². The zero-order valence-corrected chi connectivity index (χ0v) is 11.6. The van der Waals surface area contributed by atoms with Crippen LogP contribution in [0.15, 0.2) is 59.1 Å². The maximum absolute atomic E-state index is 12.0. The number of hydrogen-bond donors (Lipinski definition) is 0. The van der Waals surface area contributed by atoms with Crippen molar-refractivity contribution in [2.45, 2.75) is 0 Å². The molecule has 0 atom stereocenters. The SMILES string of the molecule is O=Cc1ccccc1/C=C/C(=O)c1ccccc1Br. The molecule has 2 aromatic rings. The van der Waals surface area contributed by atoms with Gasteiger partial charge in [-0.3, -0.25) is 9.59 Å². The van der Waals surface area contributed by atoms with Crippen LogP contribution in [-0.4, -0.2) is 12.1 Å². The van der Waals surface area contributed by atoms with Crippen LogP contribution in [0.4, 0.5) is 0 Å². The van der Waals surface area contributed by atoms with Crippen LogP contribution in [-0.2, 0) is 0 Å². The van der Waals surface area contributed by atoms with Crippen LogP contribution in [0.1, 0.15) is 26.3 Å². The first-order chi connectivity index (χ1) is 9.22. The van der Waals surface area contributed by atoms with Gasteiger partial charge in [0, 0.05) is 15.6 Å². The quantitative estimate of drug-likeness (QED) is 0.482. The highest BCUT2D eigenvalue weighted by atomic mass is 79.9. The Morgan fingerprint density at radius 1 is 0.947 bits per heavy atom. The van der Waals surface area contributed by atoms with E-state index in [0.29, 0.717) is 11.1 Å². The minimum Gasteiger partial charge on any atom is -0.298 e. The third-order valence-electron chi connectivity index (χ3n) is 2.68. The van der Waals surface area contributed by atoms with E-state index in [9.17, 15) is 9.59 Å². The summed E-state index contributed by atoms with van der Waals surface area (Å²) in [6, 6.07) is 14.4. The third kappa shape index (κ3) is 3.26. The molecule has 0 saturated carbocycles. The van der Waals surface area contributed by atoms with Gasteiger partial charge in [-0.25, -0.2) is 0 Å². The number of carbonyl (C=O) groups excluding carboxylic acids is 2. The highest BCUT2D eigenvalue weighted by Crippen LogP contribution is 2.17. The van der Waals surface area contributed by atoms with Gasteiger partial charge in [0.05, 0.1) is 0 Å². The van der Waals surface area contributed by atoms with Crippen molar-refractivity contribution >= 4 is 34.1 Å². The molecule has 0 fully saturated rings. The van der Waals surface area contributed by atoms with E-state index in [1.54, 1.807) is 30.3 Å². The normalized spacial score (nSPS) is 10.6. The maximum Gasteiger partial charge on any atom is 0.186 e. The first-order valence-electron chi connectivity index (χ1n) is 5.73. The predicted octanol–water partition coefficient (Wildman–Crippen LogP) is 4.16. The largest absolute Gasteiger partial charge is 0.298 e. The van der Waals surface area contributed by atoms with E-state index in [0.717, 1.165) is 16.3 Å². The second-order valence-corrected chi connectivity index (χ2v) is 4.78. The summed E-state index contributed by atoms with van der Waals surface area (Å²) < 4.78 is 0.758. The Labute approximate surface area is 119 Å². The Kier molecular flexibility index (Phi) is 4.42. The van der Waals surface area contributed by atoms with Crippen molar-refractivity contribution in [2.75, 3.05) is 0 Å². The molecule has 0 bridgehead atoms. The van der Waals surface area contributed by atoms with Crippen LogP contribution in [0, 0.1) is 0 Å². The molecule has 0 unspecified atom stereocenters. The van der Waals surface area contributed by atoms with E-state index in [1.165, 1.54) is 6.08 Å². The van der Waals surface area contributed by atoms with Gasteiger partial charge in [0.25, 0.3) is 0 Å². The Morgan fingerprint density at radius 3 is 2.26 bits per heavy atom. The molecule has 2 nitrogen and oxygen atoms in total. The second kappa shape index (κ2) is 6.25. The molecule has 0 heterocycles. The minimum atomic E-state index is -0.104. The maximum atomic E-state index is 12.0. The molecular weight excluding hydrogens is 304 g/mol. The molecule has 0 aliphatic heterocycles. The van der Waals surface area contributed by atoms with Gasteiger partial charge in [-0.05, 0) is 23.8 Å². The van der Waals surface area contributed by atoms with Gasteiger partial charge < -0.3 is 0 Å². The van der Waals surface area contributed by atoms with Gasteiger partial charge in [0.1, 0.15) is 0 Å². The summed E-state index contributed by atoms with van der Waals surface area (Å²) in [7, 11) is 0. The monoisotopic (exact) mass is 314 g/mol. The fourth-order valence-corrected chi connectivity index (χ4v) is 2.17. The van der Waals surface area contributed by atoms with Crippen LogP contribution in [0.3, 0.4) is 0 Å². The topological polar surface area (TPSA) is 34.1 Å². The van der Waals surface area contributed by atoms with E-state index >= 15 is 0 Å². The summed E-state index contributed by atoms with van der Waals surface area (Å²) in [6.45, 7) is 0. The van der Waals surface area contributed by atoms with Crippen molar-refractivity contribution in [3.8, 4) is 0 Å². The number of halogens is 1. The fourth-order valence-electron chi connectivity index (χ4n) is 1.69. The molecule has 0 aliphatic rings. The van der Waals surface area contributed by atoms with Crippen molar-refractivity contribution in [1.82, 2.24) is 0 Å². The fraction of sp³-hybridized carbons (Fsp3) is 0. The summed E-state index contributed by atoms with van der Waals surface area (Å²) in [4.78, 5) is 22.9. The lowest BCUT2D eigenvalue weighted by Crippen LogP contribution is -1.95. The number of allylic oxidation sites excluding steroid dienone is 1. The van der Waals surface area contributed by atoms with Crippen molar-refractivity contribution in [2.24, 2.45) is 0 Å². The number of rotatable bonds is 4. The van der Waals surface area contributed by atoms with Crippen LogP contribution >= 0.6 is 15.9 Å². The Hall–Kier alpha value is -2.00. The summed E-state index contributed by atoms with van der Waals surface area (Å²) in [5.74, 6) is -0.104. The standard InChI is InChI=1S/C16H11BrO2/c17-15-8-4-3-7-14(15)16(19)10-9-12-5-1-2-6-13(12)11-18/h1-11H/b10-9+. The zero-order chi connectivity index (χ0) is 13.7. The molecule has 3 heteroatoms. The number of hydrogen-bond acceptors (Lipinski definition) is 2. The molecule has 0 aromatic heterocycles. The van der Waals surface area contributed by atoms with Gasteiger partial charge in [0.2, 0.25) is 0 Å². The Morgan fingerprint density at radius 2 is 1.58 bits per heavy atom. The van der Waals surface area contributed by atoms with Gasteiger partial charge in [-0.15, -0.1) is 0 Å². The van der Waals surface area contributed by atoms with Crippen LogP contribution < -0.4 is 0 Å². The van der Waals surface area contributed by atoms with Crippen molar-refractivity contribution in [1.29, 1.82) is 0 Å². The summed E-state index contributed by atoms with van der Waals surface area (Å²) in [6.07, 6.45) is 3.91. The highest BCUT2D eigenvalue weighted by Gasteiger charge is 2.05. The van der Waals surface area contributed by atoms with Crippen molar-refractivity contribution in [3.63, 3.8) is 0 Å². The minimum absolute atomic E-state index is 0.104. The molecule has 0 N–H and O–H groups in total. The van der Waals surface area contributed by atoms with E-state index < -0.39 is 0 Å². The Balaban J connectivity index is 2.26. The molecule has 0 radical (unpaired) electrons. The summed E-state index contributed by atoms with van der Waals surface area (Å²) in [5, 5.41) is 0. The van der Waals surface area contributed by atoms with Gasteiger partial charge >= 0.3 is 0 Å². The summed E-state index contributed by atoms with van der Waals surface area (Å²) >= 11 is 3.34. The highest BCUT2D eigenvalue weighted by molar-refractivity contribution is 9.10. The van der Waals surface area contributed by atoms with Crippen LogP contribution in [0.5, 0.6) is 0 Å². The lowest BCUT2D eigenvalue weighted by atomic mass is 10.1. The molecular formula is C16H11BrO2. The molecule has 0 aliphatic carbocycles. The smallest absolute Gasteiger partial charge is 0.186 e. The van der Waals surface area contributed by atoms with Crippen molar-refractivity contribution in [3.05, 3.63) is 75.8 Å². The van der Waals surface area contributed by atoms with Gasteiger partial charge in [0.15, 0.2) is 12.1 Å². The third-order valence-corrected chi connectivity index (χ3v) is 3.37. The first-order valence-corrected chi connectivity index (χ1v) is 6.53. The molecule has 0 amide bonds. The lowest BCUT2D eigenvalue weighted by Gasteiger charge is -2.00. The van der Waals surface area contributed by atoms with E-state index in [2.05, 4.69) is 15.9 Å². The van der Waals surface area contributed by atoms with E-state index in [4.69, 9.17) is 0 Å². The zero-order valence-electron chi connectivity index (χ0n) is 10.0. The Bertz CT molecular complexity index is 645. The van der Waals surface area contributed by atoms with E-state index in [1.807, 2.05) is 24.3 Å². The lowest BCUT2D eigenvalue weighted by molar-refractivity contribution is 0.104. The number of carbonyl (C=O) groups is 2. The molecule has 2 rings (SSSR count). The van der Waals surface area contributed by atoms with Crippen molar-refractivity contribution < 1.29 is 9.59 Å². The molecule has 0 saturated heterocycles. The predicted molar refractivity (Wildman–Crippen MR) is 79.3 cm³/mol. The molecule has 94 valence electrons. The second-order valence-electron chi connectivity index (χ2n) is 3.92. The number of benzene rings is 2. The van der Waals surface area contributed by atoms with E-state index in [-0.39, 0.29) is 5.78 Å². The number of ketones is 1. The van der Waals surface area contributed by atoms with Crippen LogP contribution in [0.2, 0.25) is 0 Å².